The minimum atomic E-state index is -0.468. The van der Waals surface area contributed by atoms with Crippen LogP contribution in [0.2, 0.25) is 0 Å². The van der Waals surface area contributed by atoms with Gasteiger partial charge in [0.15, 0.2) is 0 Å². The number of anilines is 2. The van der Waals surface area contributed by atoms with Gasteiger partial charge in [-0.05, 0) is 17.7 Å². The largest absolute Gasteiger partial charge is 0.327 e. The van der Waals surface area contributed by atoms with E-state index in [0.29, 0.717) is 23.3 Å². The minimum absolute atomic E-state index is 0.153. The second kappa shape index (κ2) is 3.10. The van der Waals surface area contributed by atoms with Crippen LogP contribution < -0.4 is 10.6 Å². The first-order chi connectivity index (χ1) is 6.70. The zero-order valence-corrected chi connectivity index (χ0v) is 7.13. The lowest BCUT2D eigenvalue weighted by Gasteiger charge is -2.06. The molecule has 2 N–H and O–H groups in total. The zero-order chi connectivity index (χ0) is 10.1. The molecule has 1 aromatic rings. The summed E-state index contributed by atoms with van der Waals surface area (Å²) < 4.78 is 13.0. The summed E-state index contributed by atoms with van der Waals surface area (Å²) in [4.78, 5) is 21.2. The van der Waals surface area contributed by atoms with Gasteiger partial charge in [0.05, 0.1) is 17.8 Å². The summed E-state index contributed by atoms with van der Waals surface area (Å²) in [5.41, 5.74) is 1.35. The molecule has 0 bridgehead atoms. The van der Waals surface area contributed by atoms with E-state index < -0.39 is 5.82 Å². The second-order valence-electron chi connectivity index (χ2n) is 2.97. The van der Waals surface area contributed by atoms with Gasteiger partial charge in [-0.25, -0.2) is 4.39 Å². The smallest absolute Gasteiger partial charge is 0.228 e. The summed E-state index contributed by atoms with van der Waals surface area (Å²) in [6.07, 6.45) is 0.597. The fourth-order valence-corrected chi connectivity index (χ4v) is 1.48. The molecular weight excluding hydrogens is 187 g/mol. The average molecular weight is 194 g/mol. The summed E-state index contributed by atoms with van der Waals surface area (Å²) in [5.74, 6) is -0.663. The Balaban J connectivity index is 2.51. The monoisotopic (exact) mass is 194 g/mol. The molecule has 0 atom stereocenters. The Bertz CT molecular complexity index is 418. The molecule has 1 aromatic carbocycles. The first-order valence-electron chi connectivity index (χ1n) is 4.03. The van der Waals surface area contributed by atoms with Crippen LogP contribution in [0.5, 0.6) is 0 Å². The molecule has 1 aliphatic rings. The lowest BCUT2D eigenvalue weighted by molar-refractivity contribution is -0.115. The molecule has 0 radical (unpaired) electrons. The van der Waals surface area contributed by atoms with Crippen LogP contribution in [-0.2, 0) is 16.0 Å². The zero-order valence-electron chi connectivity index (χ0n) is 7.13. The van der Waals surface area contributed by atoms with Crippen LogP contribution in [0.25, 0.3) is 0 Å². The van der Waals surface area contributed by atoms with Crippen molar-refractivity contribution in [1.82, 2.24) is 0 Å². The summed E-state index contributed by atoms with van der Waals surface area (Å²) in [5, 5.41) is 4.88. The third-order valence-electron chi connectivity index (χ3n) is 2.01. The fourth-order valence-electron chi connectivity index (χ4n) is 1.48. The minimum Gasteiger partial charge on any atom is -0.327 e. The Morgan fingerprint density at radius 3 is 3.00 bits per heavy atom. The molecule has 4 nitrogen and oxygen atoms in total. The van der Waals surface area contributed by atoms with Crippen LogP contribution in [0.4, 0.5) is 15.8 Å². The van der Waals surface area contributed by atoms with Crippen LogP contribution in [-0.4, -0.2) is 12.3 Å². The van der Waals surface area contributed by atoms with Gasteiger partial charge in [-0.3, -0.25) is 9.59 Å². The van der Waals surface area contributed by atoms with Gasteiger partial charge in [-0.15, -0.1) is 0 Å². The molecule has 2 rings (SSSR count). The third kappa shape index (κ3) is 1.32. The molecule has 14 heavy (non-hydrogen) atoms. The van der Waals surface area contributed by atoms with E-state index in [9.17, 15) is 14.0 Å². The Morgan fingerprint density at radius 2 is 2.29 bits per heavy atom. The highest BCUT2D eigenvalue weighted by Gasteiger charge is 2.21. The van der Waals surface area contributed by atoms with E-state index in [1.54, 1.807) is 0 Å². The Morgan fingerprint density at radius 1 is 1.50 bits per heavy atom. The SMILES string of the molecule is O=CNc1cc(F)cc2c1NC(=O)C2. The van der Waals surface area contributed by atoms with Crippen LogP contribution >= 0.6 is 0 Å². The van der Waals surface area contributed by atoms with Gasteiger partial charge in [-0.2, -0.15) is 0 Å². The van der Waals surface area contributed by atoms with Gasteiger partial charge in [0.25, 0.3) is 0 Å². The summed E-state index contributed by atoms with van der Waals surface area (Å²) >= 11 is 0. The van der Waals surface area contributed by atoms with Gasteiger partial charge in [0.2, 0.25) is 12.3 Å². The lowest BCUT2D eigenvalue weighted by atomic mass is 10.1. The molecule has 0 spiro atoms. The number of amides is 2. The number of nitrogens with one attached hydrogen (secondary N) is 2. The van der Waals surface area contributed by atoms with Gasteiger partial charge in [-0.1, -0.05) is 0 Å². The molecule has 0 saturated heterocycles. The highest BCUT2D eigenvalue weighted by molar-refractivity contribution is 6.04. The Kier molecular flexibility index (Phi) is 1.92. The van der Waals surface area contributed by atoms with Crippen molar-refractivity contribution < 1.29 is 14.0 Å². The standard InChI is InChI=1S/C9H7FN2O2/c10-6-1-5-2-8(14)12-9(5)7(3-6)11-4-13/h1,3-4H,2H2,(H,11,13)(H,12,14). The molecule has 0 saturated carbocycles. The molecule has 72 valence electrons. The predicted molar refractivity (Wildman–Crippen MR) is 48.4 cm³/mol. The number of carbonyl (C=O) groups is 2. The molecule has 0 fully saturated rings. The number of hydrogen-bond acceptors (Lipinski definition) is 2. The Hall–Kier alpha value is -1.91. The quantitative estimate of drug-likeness (QED) is 0.687. The predicted octanol–water partition coefficient (Wildman–Crippen LogP) is 0.889. The van der Waals surface area contributed by atoms with E-state index in [4.69, 9.17) is 0 Å². The molecule has 1 heterocycles. The van der Waals surface area contributed by atoms with E-state index in [1.165, 1.54) is 12.1 Å². The number of halogens is 1. The van der Waals surface area contributed by atoms with Crippen molar-refractivity contribution in [1.29, 1.82) is 0 Å². The van der Waals surface area contributed by atoms with Crippen molar-refractivity contribution in [3.8, 4) is 0 Å². The number of hydrogen-bond donors (Lipinski definition) is 2. The number of carbonyl (C=O) groups excluding carboxylic acids is 2. The normalized spacial score (nSPS) is 13.4. The van der Waals surface area contributed by atoms with E-state index in [1.807, 2.05) is 0 Å². The summed E-state index contributed by atoms with van der Waals surface area (Å²) in [6.45, 7) is 0. The van der Waals surface area contributed by atoms with Crippen molar-refractivity contribution in [3.05, 3.63) is 23.5 Å². The lowest BCUT2D eigenvalue weighted by Crippen LogP contribution is -2.05. The number of benzene rings is 1. The van der Waals surface area contributed by atoms with Gasteiger partial charge in [0, 0.05) is 0 Å². The highest BCUT2D eigenvalue weighted by atomic mass is 19.1. The maximum atomic E-state index is 13.0. The van der Waals surface area contributed by atoms with Crippen molar-refractivity contribution >= 4 is 23.7 Å². The van der Waals surface area contributed by atoms with E-state index >= 15 is 0 Å². The second-order valence-corrected chi connectivity index (χ2v) is 2.97. The maximum Gasteiger partial charge on any atom is 0.228 e. The van der Waals surface area contributed by atoms with Crippen molar-refractivity contribution in [3.63, 3.8) is 0 Å². The van der Waals surface area contributed by atoms with Gasteiger partial charge in [0.1, 0.15) is 5.82 Å². The molecule has 0 aromatic heterocycles. The summed E-state index contributed by atoms with van der Waals surface area (Å²) in [6, 6.07) is 2.45. The van der Waals surface area contributed by atoms with Crippen molar-refractivity contribution in [2.75, 3.05) is 10.6 Å². The molecule has 5 heteroatoms. The summed E-state index contributed by atoms with van der Waals surface area (Å²) in [7, 11) is 0. The Labute approximate surface area is 79.1 Å². The molecule has 0 unspecified atom stereocenters. The molecule has 1 aliphatic heterocycles. The average Bonchev–Trinajstić information content (AvgIpc) is 2.45. The molecule has 2 amide bonds. The first-order valence-corrected chi connectivity index (χ1v) is 4.03. The van der Waals surface area contributed by atoms with Crippen LogP contribution in [0.3, 0.4) is 0 Å². The van der Waals surface area contributed by atoms with Crippen molar-refractivity contribution in [2.45, 2.75) is 6.42 Å². The first kappa shape index (κ1) is 8.68. The van der Waals surface area contributed by atoms with Gasteiger partial charge < -0.3 is 10.6 Å². The van der Waals surface area contributed by atoms with Crippen LogP contribution in [0.1, 0.15) is 5.56 Å². The van der Waals surface area contributed by atoms with E-state index in [0.717, 1.165) is 0 Å². The van der Waals surface area contributed by atoms with Crippen LogP contribution in [0, 0.1) is 5.82 Å². The molecular formula is C9H7FN2O2. The topological polar surface area (TPSA) is 58.2 Å². The van der Waals surface area contributed by atoms with Crippen molar-refractivity contribution in [2.24, 2.45) is 0 Å². The maximum absolute atomic E-state index is 13.0. The fraction of sp³-hybridized carbons (Fsp3) is 0.111. The number of fused-ring (bicyclic) bond motifs is 1. The van der Waals surface area contributed by atoms with Gasteiger partial charge >= 0.3 is 0 Å². The van der Waals surface area contributed by atoms with E-state index in [2.05, 4.69) is 10.6 Å². The third-order valence-corrected chi connectivity index (χ3v) is 2.01. The van der Waals surface area contributed by atoms with Crippen LogP contribution in [0.15, 0.2) is 12.1 Å². The number of rotatable bonds is 2. The molecule has 0 aliphatic carbocycles. The highest BCUT2D eigenvalue weighted by Crippen LogP contribution is 2.31. The van der Waals surface area contributed by atoms with E-state index in [-0.39, 0.29) is 12.3 Å².